The summed E-state index contributed by atoms with van der Waals surface area (Å²) in [6.07, 6.45) is 5.67. The molecule has 1 aliphatic rings. The van der Waals surface area contributed by atoms with Gasteiger partial charge < -0.3 is 9.42 Å². The number of imidazole rings is 1. The number of fused-ring (bicyclic) bond motifs is 1. The second kappa shape index (κ2) is 6.78. The van der Waals surface area contributed by atoms with E-state index in [-0.39, 0.29) is 0 Å². The van der Waals surface area contributed by atoms with Gasteiger partial charge in [0.25, 0.3) is 0 Å². The lowest BCUT2D eigenvalue weighted by atomic mass is 10.3. The number of hydrogen-bond acceptors (Lipinski definition) is 8. The fourth-order valence-electron chi connectivity index (χ4n) is 2.84. The van der Waals surface area contributed by atoms with Gasteiger partial charge in [0, 0.05) is 38.6 Å². The first-order chi connectivity index (χ1) is 11.8. The molecule has 0 amide bonds. The Morgan fingerprint density at radius 2 is 2.08 bits per heavy atom. The second-order valence-electron chi connectivity index (χ2n) is 5.72. The molecule has 0 atom stereocenters. The Hall–Kier alpha value is -2.13. The van der Waals surface area contributed by atoms with Crippen molar-refractivity contribution in [3.05, 3.63) is 36.2 Å². The molecule has 4 rings (SSSR count). The van der Waals surface area contributed by atoms with E-state index in [1.165, 1.54) is 0 Å². The maximum atomic E-state index is 5.32. The molecule has 3 aromatic heterocycles. The van der Waals surface area contributed by atoms with Crippen molar-refractivity contribution in [1.82, 2.24) is 29.6 Å². The molecule has 0 N–H and O–H groups in total. The lowest BCUT2D eigenvalue weighted by Gasteiger charge is -2.34. The Bertz CT molecular complexity index is 809. The summed E-state index contributed by atoms with van der Waals surface area (Å²) in [5.41, 5.74) is 0.870. The Morgan fingerprint density at radius 1 is 1.21 bits per heavy atom. The first kappa shape index (κ1) is 15.4. The molecule has 1 fully saturated rings. The highest BCUT2D eigenvalue weighted by atomic mass is 32.2. The van der Waals surface area contributed by atoms with Gasteiger partial charge in [0.15, 0.2) is 11.5 Å². The summed E-state index contributed by atoms with van der Waals surface area (Å²) in [5.74, 6) is 3.25. The average molecular weight is 345 g/mol. The van der Waals surface area contributed by atoms with Gasteiger partial charge in [0.1, 0.15) is 5.82 Å². The van der Waals surface area contributed by atoms with Gasteiger partial charge in [-0.05, 0) is 18.4 Å². The zero-order valence-electron chi connectivity index (χ0n) is 13.5. The van der Waals surface area contributed by atoms with Crippen LogP contribution < -0.4 is 4.90 Å². The number of hydrogen-bond donors (Lipinski definition) is 0. The SMILES string of the molecule is CSCc1noc(CN2CCN(c3ccc4nccn4n3)CC2)n1. The van der Waals surface area contributed by atoms with Crippen LogP contribution >= 0.6 is 11.8 Å². The van der Waals surface area contributed by atoms with Gasteiger partial charge in [-0.25, -0.2) is 9.50 Å². The normalized spacial score (nSPS) is 16.1. The van der Waals surface area contributed by atoms with Crippen molar-refractivity contribution in [1.29, 1.82) is 0 Å². The van der Waals surface area contributed by atoms with Crippen LogP contribution in [0.1, 0.15) is 11.7 Å². The minimum atomic E-state index is 0.700. The van der Waals surface area contributed by atoms with Gasteiger partial charge in [0.2, 0.25) is 5.89 Å². The summed E-state index contributed by atoms with van der Waals surface area (Å²) in [6, 6.07) is 4.03. The van der Waals surface area contributed by atoms with Crippen molar-refractivity contribution in [2.75, 3.05) is 37.3 Å². The van der Waals surface area contributed by atoms with Crippen LogP contribution in [0.15, 0.2) is 29.0 Å². The highest BCUT2D eigenvalue weighted by Crippen LogP contribution is 2.15. The molecule has 8 nitrogen and oxygen atoms in total. The van der Waals surface area contributed by atoms with Crippen molar-refractivity contribution in [3.63, 3.8) is 0 Å². The second-order valence-corrected chi connectivity index (χ2v) is 6.59. The Labute approximate surface area is 143 Å². The standard InChI is InChI=1S/C15H19N7OS/c1-24-11-12-17-15(23-19-12)10-20-6-8-21(9-7-20)14-3-2-13-16-4-5-22(13)18-14/h2-5H,6-11H2,1H3. The van der Waals surface area contributed by atoms with E-state index in [9.17, 15) is 0 Å². The molecule has 0 bridgehead atoms. The number of rotatable bonds is 5. The summed E-state index contributed by atoms with van der Waals surface area (Å²) in [4.78, 5) is 13.3. The molecule has 1 saturated heterocycles. The summed E-state index contributed by atoms with van der Waals surface area (Å²) in [5, 5.41) is 8.61. The largest absolute Gasteiger partial charge is 0.353 e. The van der Waals surface area contributed by atoms with Gasteiger partial charge in [-0.3, -0.25) is 4.90 Å². The number of piperazine rings is 1. The van der Waals surface area contributed by atoms with Gasteiger partial charge in [-0.15, -0.1) is 5.10 Å². The van der Waals surface area contributed by atoms with Crippen LogP contribution in [-0.4, -0.2) is 62.1 Å². The Kier molecular flexibility index (Phi) is 4.35. The van der Waals surface area contributed by atoms with E-state index in [2.05, 4.69) is 30.0 Å². The maximum Gasteiger partial charge on any atom is 0.240 e. The molecule has 1 aliphatic heterocycles. The molecule has 0 aliphatic carbocycles. The molecular formula is C15H19N7OS. The molecular weight excluding hydrogens is 326 g/mol. The van der Waals surface area contributed by atoms with Crippen molar-refractivity contribution < 1.29 is 4.52 Å². The highest BCUT2D eigenvalue weighted by molar-refractivity contribution is 7.97. The van der Waals surface area contributed by atoms with Crippen molar-refractivity contribution in [2.24, 2.45) is 0 Å². The van der Waals surface area contributed by atoms with Gasteiger partial charge in [0.05, 0.1) is 12.3 Å². The summed E-state index contributed by atoms with van der Waals surface area (Å²) >= 11 is 1.69. The number of anilines is 1. The number of aromatic nitrogens is 5. The van der Waals surface area contributed by atoms with Crippen molar-refractivity contribution >= 4 is 23.2 Å². The summed E-state index contributed by atoms with van der Waals surface area (Å²) in [6.45, 7) is 4.47. The third kappa shape index (κ3) is 3.22. The first-order valence-electron chi connectivity index (χ1n) is 7.90. The maximum absolute atomic E-state index is 5.32. The van der Waals surface area contributed by atoms with E-state index in [1.807, 2.05) is 29.1 Å². The molecule has 0 unspecified atom stereocenters. The monoisotopic (exact) mass is 345 g/mol. The van der Waals surface area contributed by atoms with E-state index in [1.54, 1.807) is 18.0 Å². The quantitative estimate of drug-likeness (QED) is 0.685. The van der Waals surface area contributed by atoms with Crippen LogP contribution in [0, 0.1) is 0 Å². The lowest BCUT2D eigenvalue weighted by molar-refractivity contribution is 0.215. The molecule has 0 radical (unpaired) electrons. The third-order valence-electron chi connectivity index (χ3n) is 4.08. The molecule has 0 spiro atoms. The number of thioether (sulfide) groups is 1. The molecule has 126 valence electrons. The molecule has 24 heavy (non-hydrogen) atoms. The first-order valence-corrected chi connectivity index (χ1v) is 9.29. The van der Waals surface area contributed by atoms with Crippen LogP contribution in [-0.2, 0) is 12.3 Å². The molecule has 3 aromatic rings. The average Bonchev–Trinajstić information content (AvgIpc) is 3.24. The minimum absolute atomic E-state index is 0.700. The fraction of sp³-hybridized carbons (Fsp3) is 0.467. The van der Waals surface area contributed by atoms with Crippen molar-refractivity contribution in [3.8, 4) is 0 Å². The van der Waals surface area contributed by atoms with Crippen LogP contribution in [0.5, 0.6) is 0 Å². The van der Waals surface area contributed by atoms with E-state index in [0.29, 0.717) is 12.4 Å². The van der Waals surface area contributed by atoms with E-state index >= 15 is 0 Å². The van der Waals surface area contributed by atoms with Gasteiger partial charge in [-0.2, -0.15) is 16.7 Å². The van der Waals surface area contributed by atoms with E-state index in [0.717, 1.165) is 49.2 Å². The van der Waals surface area contributed by atoms with Crippen LogP contribution in [0.4, 0.5) is 5.82 Å². The third-order valence-corrected chi connectivity index (χ3v) is 4.63. The zero-order chi connectivity index (χ0) is 16.4. The summed E-state index contributed by atoms with van der Waals surface area (Å²) < 4.78 is 7.13. The number of nitrogens with zero attached hydrogens (tertiary/aromatic N) is 7. The van der Waals surface area contributed by atoms with E-state index in [4.69, 9.17) is 4.52 Å². The zero-order valence-corrected chi connectivity index (χ0v) is 14.3. The highest BCUT2D eigenvalue weighted by Gasteiger charge is 2.20. The molecule has 0 saturated carbocycles. The minimum Gasteiger partial charge on any atom is -0.353 e. The smallest absolute Gasteiger partial charge is 0.240 e. The van der Waals surface area contributed by atoms with Gasteiger partial charge >= 0.3 is 0 Å². The van der Waals surface area contributed by atoms with Crippen LogP contribution in [0.3, 0.4) is 0 Å². The topological polar surface area (TPSA) is 75.6 Å². The lowest BCUT2D eigenvalue weighted by Crippen LogP contribution is -2.46. The Balaban J connectivity index is 1.35. The fourth-order valence-corrected chi connectivity index (χ4v) is 3.22. The predicted octanol–water partition coefficient (Wildman–Crippen LogP) is 1.30. The Morgan fingerprint density at radius 3 is 2.92 bits per heavy atom. The van der Waals surface area contributed by atoms with Crippen LogP contribution in [0.25, 0.3) is 5.65 Å². The molecule has 4 heterocycles. The molecule has 9 heteroatoms. The van der Waals surface area contributed by atoms with Crippen molar-refractivity contribution in [2.45, 2.75) is 12.3 Å². The summed E-state index contributed by atoms with van der Waals surface area (Å²) in [7, 11) is 0. The van der Waals surface area contributed by atoms with Crippen LogP contribution in [0.2, 0.25) is 0 Å². The van der Waals surface area contributed by atoms with E-state index < -0.39 is 0 Å². The van der Waals surface area contributed by atoms with Gasteiger partial charge in [-0.1, -0.05) is 5.16 Å². The molecule has 0 aromatic carbocycles. The predicted molar refractivity (Wildman–Crippen MR) is 92.0 cm³/mol.